The quantitative estimate of drug-likeness (QED) is 0.735. The number of hydrogen-bond acceptors (Lipinski definition) is 4. The van der Waals surface area contributed by atoms with Crippen LogP contribution in [0.4, 0.5) is 0 Å². The van der Waals surface area contributed by atoms with Gasteiger partial charge in [0, 0.05) is 0 Å². The van der Waals surface area contributed by atoms with E-state index in [0.717, 1.165) is 12.1 Å². The molecule has 0 unspecified atom stereocenters. The summed E-state index contributed by atoms with van der Waals surface area (Å²) in [5, 5.41) is 0. The summed E-state index contributed by atoms with van der Waals surface area (Å²) >= 11 is 0. The van der Waals surface area contributed by atoms with Crippen LogP contribution >= 0.6 is 0 Å². The Kier molecular flexibility index (Phi) is 3.68. The third-order valence-electron chi connectivity index (χ3n) is 1.79. The minimum absolute atomic E-state index is 0.481. The van der Waals surface area contributed by atoms with Crippen LogP contribution < -0.4 is 9.47 Å². The highest BCUT2D eigenvalue weighted by atomic mass is 16.5. The molecule has 0 aromatic carbocycles. The van der Waals surface area contributed by atoms with E-state index in [2.05, 4.69) is 23.8 Å². The second-order valence-electron chi connectivity index (χ2n) is 3.47. The molecule has 0 spiro atoms. The summed E-state index contributed by atoms with van der Waals surface area (Å²) in [5.74, 6) is 1.57. The summed E-state index contributed by atoms with van der Waals surface area (Å²) in [6.45, 7) is 4.26. The zero-order valence-electron chi connectivity index (χ0n) is 9.07. The molecule has 0 bridgehead atoms. The largest absolute Gasteiger partial charge is 0.480 e. The van der Waals surface area contributed by atoms with Gasteiger partial charge in [0.05, 0.1) is 20.4 Å². The molecule has 1 rings (SSSR count). The van der Waals surface area contributed by atoms with Crippen LogP contribution in [-0.4, -0.2) is 24.2 Å². The minimum Gasteiger partial charge on any atom is -0.480 e. The third-order valence-corrected chi connectivity index (χ3v) is 1.79. The molecule has 1 aromatic rings. The van der Waals surface area contributed by atoms with Crippen molar-refractivity contribution in [2.24, 2.45) is 5.92 Å². The summed E-state index contributed by atoms with van der Waals surface area (Å²) < 4.78 is 10.1. The number of nitrogens with zero attached hydrogens (tertiary/aromatic N) is 2. The Labute approximate surface area is 84.3 Å². The lowest BCUT2D eigenvalue weighted by Gasteiger charge is -2.09. The highest BCUT2D eigenvalue weighted by Gasteiger charge is 2.09. The zero-order chi connectivity index (χ0) is 10.6. The SMILES string of the molecule is COc1cnc(CC(C)C)c(OC)n1. The van der Waals surface area contributed by atoms with E-state index < -0.39 is 0 Å². The minimum atomic E-state index is 0.481. The van der Waals surface area contributed by atoms with Crippen molar-refractivity contribution in [1.82, 2.24) is 9.97 Å². The fourth-order valence-corrected chi connectivity index (χ4v) is 1.17. The molecule has 78 valence electrons. The van der Waals surface area contributed by atoms with Gasteiger partial charge in [-0.1, -0.05) is 13.8 Å². The lowest BCUT2D eigenvalue weighted by atomic mass is 10.1. The van der Waals surface area contributed by atoms with Crippen molar-refractivity contribution in [1.29, 1.82) is 0 Å². The van der Waals surface area contributed by atoms with Crippen LogP contribution in [0.15, 0.2) is 6.20 Å². The molecule has 1 heterocycles. The van der Waals surface area contributed by atoms with Crippen LogP contribution in [0.3, 0.4) is 0 Å². The van der Waals surface area contributed by atoms with Gasteiger partial charge in [0.1, 0.15) is 5.69 Å². The number of rotatable bonds is 4. The molecule has 0 aliphatic carbocycles. The average molecular weight is 196 g/mol. The Hall–Kier alpha value is -1.32. The van der Waals surface area contributed by atoms with Gasteiger partial charge in [0.25, 0.3) is 0 Å². The molecule has 0 aliphatic heterocycles. The molecule has 0 N–H and O–H groups in total. The Bertz CT molecular complexity index is 300. The highest BCUT2D eigenvalue weighted by molar-refractivity contribution is 5.22. The van der Waals surface area contributed by atoms with Gasteiger partial charge in [-0.2, -0.15) is 4.98 Å². The van der Waals surface area contributed by atoms with E-state index in [1.54, 1.807) is 20.4 Å². The van der Waals surface area contributed by atoms with Crippen LogP contribution in [0.5, 0.6) is 11.8 Å². The highest BCUT2D eigenvalue weighted by Crippen LogP contribution is 2.19. The second kappa shape index (κ2) is 4.79. The monoisotopic (exact) mass is 196 g/mol. The first-order valence-corrected chi connectivity index (χ1v) is 4.61. The molecule has 1 aromatic heterocycles. The van der Waals surface area contributed by atoms with E-state index in [1.165, 1.54) is 0 Å². The van der Waals surface area contributed by atoms with Crippen molar-refractivity contribution in [3.63, 3.8) is 0 Å². The smallest absolute Gasteiger partial charge is 0.238 e. The van der Waals surface area contributed by atoms with Crippen molar-refractivity contribution in [2.75, 3.05) is 14.2 Å². The fourth-order valence-electron chi connectivity index (χ4n) is 1.17. The summed E-state index contributed by atoms with van der Waals surface area (Å²) in [6, 6.07) is 0. The van der Waals surface area contributed by atoms with Crippen LogP contribution in [0, 0.1) is 5.92 Å². The zero-order valence-corrected chi connectivity index (χ0v) is 9.07. The first-order valence-electron chi connectivity index (χ1n) is 4.61. The van der Waals surface area contributed by atoms with Crippen molar-refractivity contribution < 1.29 is 9.47 Å². The standard InChI is InChI=1S/C10H16N2O2/c1-7(2)5-8-10(14-4)12-9(13-3)6-11-8/h6-7H,5H2,1-4H3. The molecular weight excluding hydrogens is 180 g/mol. The maximum Gasteiger partial charge on any atom is 0.238 e. The predicted molar refractivity (Wildman–Crippen MR) is 53.7 cm³/mol. The molecule has 0 saturated heterocycles. The second-order valence-corrected chi connectivity index (χ2v) is 3.47. The fraction of sp³-hybridized carbons (Fsp3) is 0.600. The molecule has 0 amide bonds. The lowest BCUT2D eigenvalue weighted by molar-refractivity contribution is 0.354. The molecule has 0 radical (unpaired) electrons. The van der Waals surface area contributed by atoms with Crippen molar-refractivity contribution in [3.8, 4) is 11.8 Å². The normalized spacial score (nSPS) is 10.4. The summed E-state index contributed by atoms with van der Waals surface area (Å²) in [7, 11) is 3.15. The van der Waals surface area contributed by atoms with Crippen LogP contribution in [0.2, 0.25) is 0 Å². The van der Waals surface area contributed by atoms with Crippen LogP contribution in [-0.2, 0) is 6.42 Å². The van der Waals surface area contributed by atoms with Gasteiger partial charge < -0.3 is 9.47 Å². The summed E-state index contributed by atoms with van der Waals surface area (Å²) in [5.41, 5.74) is 0.878. The van der Waals surface area contributed by atoms with E-state index in [4.69, 9.17) is 9.47 Å². The number of hydrogen-bond donors (Lipinski definition) is 0. The molecule has 0 aliphatic rings. The number of aromatic nitrogens is 2. The van der Waals surface area contributed by atoms with Crippen molar-refractivity contribution >= 4 is 0 Å². The Morgan fingerprint density at radius 1 is 1.29 bits per heavy atom. The van der Waals surface area contributed by atoms with Gasteiger partial charge in [-0.3, -0.25) is 0 Å². The van der Waals surface area contributed by atoms with Crippen molar-refractivity contribution in [3.05, 3.63) is 11.9 Å². The molecule has 14 heavy (non-hydrogen) atoms. The number of methoxy groups -OCH3 is 2. The van der Waals surface area contributed by atoms with Crippen molar-refractivity contribution in [2.45, 2.75) is 20.3 Å². The first kappa shape index (κ1) is 10.8. The van der Waals surface area contributed by atoms with E-state index >= 15 is 0 Å². The Morgan fingerprint density at radius 3 is 2.50 bits per heavy atom. The van der Waals surface area contributed by atoms with E-state index in [-0.39, 0.29) is 0 Å². The average Bonchev–Trinajstić information content (AvgIpc) is 2.17. The maximum absolute atomic E-state index is 5.14. The summed E-state index contributed by atoms with van der Waals surface area (Å²) in [4.78, 5) is 8.40. The van der Waals surface area contributed by atoms with Gasteiger partial charge in [-0.15, -0.1) is 0 Å². The van der Waals surface area contributed by atoms with Gasteiger partial charge in [0.15, 0.2) is 0 Å². The molecule has 4 heteroatoms. The topological polar surface area (TPSA) is 44.2 Å². The molecule has 0 fully saturated rings. The van der Waals surface area contributed by atoms with Gasteiger partial charge in [-0.05, 0) is 12.3 Å². The van der Waals surface area contributed by atoms with E-state index in [0.29, 0.717) is 17.7 Å². The maximum atomic E-state index is 5.14. The molecule has 4 nitrogen and oxygen atoms in total. The Balaban J connectivity index is 2.93. The summed E-state index contributed by atoms with van der Waals surface area (Å²) in [6.07, 6.45) is 2.47. The van der Waals surface area contributed by atoms with Crippen LogP contribution in [0.1, 0.15) is 19.5 Å². The molecule has 0 saturated carbocycles. The van der Waals surface area contributed by atoms with E-state index in [9.17, 15) is 0 Å². The Morgan fingerprint density at radius 2 is 2.00 bits per heavy atom. The lowest BCUT2D eigenvalue weighted by Crippen LogP contribution is -2.03. The third kappa shape index (κ3) is 2.58. The van der Waals surface area contributed by atoms with Gasteiger partial charge in [0.2, 0.25) is 11.8 Å². The predicted octanol–water partition coefficient (Wildman–Crippen LogP) is 1.69. The van der Waals surface area contributed by atoms with Gasteiger partial charge >= 0.3 is 0 Å². The first-order chi connectivity index (χ1) is 6.67. The molecular formula is C10H16N2O2. The molecule has 0 atom stereocenters. The van der Waals surface area contributed by atoms with Gasteiger partial charge in [-0.25, -0.2) is 4.98 Å². The van der Waals surface area contributed by atoms with Crippen LogP contribution in [0.25, 0.3) is 0 Å². The van der Waals surface area contributed by atoms with E-state index in [1.807, 2.05) is 0 Å². The number of ether oxygens (including phenoxy) is 2.